The fourth-order valence-electron chi connectivity index (χ4n) is 2.06. The Kier molecular flexibility index (Phi) is 2.65. The average molecular weight is 235 g/mol. The minimum absolute atomic E-state index is 0.778. The second kappa shape index (κ2) is 4.45. The summed E-state index contributed by atoms with van der Waals surface area (Å²) in [7, 11) is 1.84. The van der Waals surface area contributed by atoms with Crippen LogP contribution in [0.15, 0.2) is 54.9 Å². The van der Waals surface area contributed by atoms with E-state index in [1.54, 1.807) is 12.4 Å². The number of hydrogen-bond donors (Lipinski definition) is 1. The highest BCUT2D eigenvalue weighted by molar-refractivity contribution is 5.95. The predicted molar refractivity (Wildman–Crippen MR) is 74.5 cm³/mol. The Morgan fingerprint density at radius 2 is 1.78 bits per heavy atom. The molecule has 0 unspecified atom stereocenters. The SMILES string of the molecule is CNc1cncc(-c2cccc3ccccc23)n1. The molecule has 0 radical (unpaired) electrons. The number of anilines is 1. The van der Waals surface area contributed by atoms with Gasteiger partial charge in [-0.15, -0.1) is 0 Å². The first-order chi connectivity index (χ1) is 8.88. The molecule has 88 valence electrons. The van der Waals surface area contributed by atoms with Gasteiger partial charge in [0.25, 0.3) is 0 Å². The first-order valence-corrected chi connectivity index (χ1v) is 5.86. The van der Waals surface area contributed by atoms with Crippen LogP contribution in [-0.2, 0) is 0 Å². The Morgan fingerprint density at radius 3 is 2.67 bits per heavy atom. The molecule has 3 aromatic rings. The van der Waals surface area contributed by atoms with Crippen molar-refractivity contribution < 1.29 is 0 Å². The van der Waals surface area contributed by atoms with Gasteiger partial charge in [-0.25, -0.2) is 4.98 Å². The number of rotatable bonds is 2. The fraction of sp³-hybridized carbons (Fsp3) is 0.0667. The van der Waals surface area contributed by atoms with E-state index in [9.17, 15) is 0 Å². The molecule has 0 saturated carbocycles. The van der Waals surface area contributed by atoms with Gasteiger partial charge in [0.1, 0.15) is 5.82 Å². The Labute approximate surface area is 106 Å². The van der Waals surface area contributed by atoms with Crippen LogP contribution in [0.1, 0.15) is 0 Å². The molecule has 3 heteroatoms. The molecule has 1 aromatic heterocycles. The molecule has 0 aliphatic heterocycles. The van der Waals surface area contributed by atoms with E-state index in [0.29, 0.717) is 0 Å². The Morgan fingerprint density at radius 1 is 0.944 bits per heavy atom. The van der Waals surface area contributed by atoms with Gasteiger partial charge in [-0.1, -0.05) is 42.5 Å². The van der Waals surface area contributed by atoms with E-state index in [1.807, 2.05) is 25.2 Å². The molecule has 3 rings (SSSR count). The van der Waals surface area contributed by atoms with Crippen molar-refractivity contribution in [1.29, 1.82) is 0 Å². The predicted octanol–water partition coefficient (Wildman–Crippen LogP) is 3.34. The quantitative estimate of drug-likeness (QED) is 0.740. The maximum atomic E-state index is 4.54. The molecule has 0 bridgehead atoms. The molecular formula is C15H13N3. The van der Waals surface area contributed by atoms with Crippen molar-refractivity contribution >= 4 is 16.6 Å². The Bertz CT molecular complexity index is 687. The third-order valence-electron chi connectivity index (χ3n) is 2.96. The summed E-state index contributed by atoms with van der Waals surface area (Å²) >= 11 is 0. The summed E-state index contributed by atoms with van der Waals surface area (Å²) in [5.41, 5.74) is 2.00. The summed E-state index contributed by atoms with van der Waals surface area (Å²) in [4.78, 5) is 8.75. The van der Waals surface area contributed by atoms with Crippen LogP contribution >= 0.6 is 0 Å². The maximum Gasteiger partial charge on any atom is 0.144 e. The van der Waals surface area contributed by atoms with E-state index in [4.69, 9.17) is 0 Å². The number of hydrogen-bond acceptors (Lipinski definition) is 3. The molecule has 0 saturated heterocycles. The highest BCUT2D eigenvalue weighted by atomic mass is 15.0. The van der Waals surface area contributed by atoms with Crippen molar-refractivity contribution in [1.82, 2.24) is 9.97 Å². The lowest BCUT2D eigenvalue weighted by atomic mass is 10.0. The molecule has 1 heterocycles. The van der Waals surface area contributed by atoms with Gasteiger partial charge in [0.05, 0.1) is 18.1 Å². The summed E-state index contributed by atoms with van der Waals surface area (Å²) < 4.78 is 0. The largest absolute Gasteiger partial charge is 0.372 e. The first kappa shape index (κ1) is 10.7. The van der Waals surface area contributed by atoms with Crippen LogP contribution in [-0.4, -0.2) is 17.0 Å². The Balaban J connectivity index is 2.24. The Hall–Kier alpha value is -2.42. The summed E-state index contributed by atoms with van der Waals surface area (Å²) in [6.45, 7) is 0. The highest BCUT2D eigenvalue weighted by Crippen LogP contribution is 2.27. The highest BCUT2D eigenvalue weighted by Gasteiger charge is 2.05. The van der Waals surface area contributed by atoms with Gasteiger partial charge in [-0.2, -0.15) is 0 Å². The van der Waals surface area contributed by atoms with Crippen LogP contribution in [0.5, 0.6) is 0 Å². The van der Waals surface area contributed by atoms with Crippen LogP contribution in [0.4, 0.5) is 5.82 Å². The van der Waals surface area contributed by atoms with Gasteiger partial charge >= 0.3 is 0 Å². The monoisotopic (exact) mass is 235 g/mol. The zero-order chi connectivity index (χ0) is 12.4. The third kappa shape index (κ3) is 1.80. The molecular weight excluding hydrogens is 222 g/mol. The summed E-state index contributed by atoms with van der Waals surface area (Å²) in [5, 5.41) is 5.42. The average Bonchev–Trinajstić information content (AvgIpc) is 2.47. The third-order valence-corrected chi connectivity index (χ3v) is 2.96. The summed E-state index contributed by atoms with van der Waals surface area (Å²) in [5.74, 6) is 0.778. The van der Waals surface area contributed by atoms with E-state index in [-0.39, 0.29) is 0 Å². The van der Waals surface area contributed by atoms with E-state index in [0.717, 1.165) is 17.1 Å². The van der Waals surface area contributed by atoms with Crippen molar-refractivity contribution in [2.24, 2.45) is 0 Å². The molecule has 0 aliphatic carbocycles. The second-order valence-corrected chi connectivity index (χ2v) is 4.07. The molecule has 2 aromatic carbocycles. The van der Waals surface area contributed by atoms with Crippen molar-refractivity contribution in [3.8, 4) is 11.3 Å². The lowest BCUT2D eigenvalue weighted by Crippen LogP contribution is -1.95. The zero-order valence-corrected chi connectivity index (χ0v) is 10.1. The van der Waals surface area contributed by atoms with Crippen LogP contribution in [0.2, 0.25) is 0 Å². The van der Waals surface area contributed by atoms with Crippen molar-refractivity contribution in [3.05, 3.63) is 54.9 Å². The topological polar surface area (TPSA) is 37.8 Å². The minimum atomic E-state index is 0.778. The number of nitrogens with zero attached hydrogens (tertiary/aromatic N) is 2. The number of fused-ring (bicyclic) bond motifs is 1. The first-order valence-electron chi connectivity index (χ1n) is 5.86. The fourth-order valence-corrected chi connectivity index (χ4v) is 2.06. The van der Waals surface area contributed by atoms with E-state index >= 15 is 0 Å². The van der Waals surface area contributed by atoms with E-state index in [1.165, 1.54) is 10.8 Å². The lowest BCUT2D eigenvalue weighted by molar-refractivity contribution is 1.19. The van der Waals surface area contributed by atoms with E-state index < -0.39 is 0 Å². The molecule has 18 heavy (non-hydrogen) atoms. The second-order valence-electron chi connectivity index (χ2n) is 4.07. The van der Waals surface area contributed by atoms with Crippen LogP contribution in [0.25, 0.3) is 22.0 Å². The number of benzene rings is 2. The maximum absolute atomic E-state index is 4.54. The molecule has 0 amide bonds. The molecule has 3 nitrogen and oxygen atoms in total. The molecule has 0 aliphatic rings. The standard InChI is InChI=1S/C15H13N3/c1-16-15-10-17-9-14(18-15)13-8-4-6-11-5-2-3-7-12(11)13/h2-10H,1H3,(H,16,18). The van der Waals surface area contributed by atoms with Crippen molar-refractivity contribution in [2.45, 2.75) is 0 Å². The van der Waals surface area contributed by atoms with Crippen LogP contribution < -0.4 is 5.32 Å². The number of nitrogens with one attached hydrogen (secondary N) is 1. The molecule has 1 N–H and O–H groups in total. The van der Waals surface area contributed by atoms with Gasteiger partial charge in [0.2, 0.25) is 0 Å². The molecule has 0 spiro atoms. The van der Waals surface area contributed by atoms with Gasteiger partial charge < -0.3 is 5.32 Å². The van der Waals surface area contributed by atoms with Gasteiger partial charge in [0, 0.05) is 12.6 Å². The summed E-state index contributed by atoms with van der Waals surface area (Å²) in [6.07, 6.45) is 3.51. The number of aromatic nitrogens is 2. The normalized spacial score (nSPS) is 10.5. The van der Waals surface area contributed by atoms with Crippen LogP contribution in [0.3, 0.4) is 0 Å². The molecule has 0 atom stereocenters. The lowest BCUT2D eigenvalue weighted by Gasteiger charge is -2.07. The smallest absolute Gasteiger partial charge is 0.144 e. The summed E-state index contributed by atoms with van der Waals surface area (Å²) in [6, 6.07) is 14.5. The zero-order valence-electron chi connectivity index (χ0n) is 10.1. The van der Waals surface area contributed by atoms with E-state index in [2.05, 4.69) is 39.6 Å². The van der Waals surface area contributed by atoms with Crippen molar-refractivity contribution in [3.63, 3.8) is 0 Å². The van der Waals surface area contributed by atoms with Gasteiger partial charge in [0.15, 0.2) is 0 Å². The van der Waals surface area contributed by atoms with Crippen LogP contribution in [0, 0.1) is 0 Å². The van der Waals surface area contributed by atoms with Gasteiger partial charge in [-0.3, -0.25) is 4.98 Å². The van der Waals surface area contributed by atoms with Crippen molar-refractivity contribution in [2.75, 3.05) is 12.4 Å². The minimum Gasteiger partial charge on any atom is -0.372 e. The van der Waals surface area contributed by atoms with Gasteiger partial charge in [-0.05, 0) is 10.8 Å². The molecule has 0 fully saturated rings.